The maximum atomic E-state index is 13.4. The van der Waals surface area contributed by atoms with Crippen LogP contribution in [0, 0.1) is 11.8 Å². The third kappa shape index (κ3) is 10.0. The second-order valence-electron chi connectivity index (χ2n) is 11.0. The van der Waals surface area contributed by atoms with Crippen molar-refractivity contribution in [3.05, 3.63) is 18.7 Å². The normalized spacial score (nSPS) is 18.7. The number of aromatic nitrogens is 2. The summed E-state index contributed by atoms with van der Waals surface area (Å²) in [6, 6.07) is -1.55. The summed E-state index contributed by atoms with van der Waals surface area (Å²) in [6.07, 6.45) is 8.75. The number of ether oxygens (including phenoxy) is 1. The van der Waals surface area contributed by atoms with E-state index in [-0.39, 0.29) is 12.5 Å². The van der Waals surface area contributed by atoms with Crippen molar-refractivity contribution in [2.45, 2.75) is 116 Å². The van der Waals surface area contributed by atoms with Crippen LogP contribution < -0.4 is 10.6 Å². The quantitative estimate of drug-likeness (QED) is 0.386. The fourth-order valence-electron chi connectivity index (χ4n) is 4.49. The van der Waals surface area contributed by atoms with E-state index in [2.05, 4.69) is 15.6 Å². The Hall–Kier alpha value is -2.13. The number of hydrogen-bond donors (Lipinski definition) is 4. The zero-order valence-electron chi connectivity index (χ0n) is 21.4. The number of aliphatic hydroxyl groups is 2. The lowest BCUT2D eigenvalue weighted by Crippen LogP contribution is -2.56. The Morgan fingerprint density at radius 1 is 1.15 bits per heavy atom. The number of amides is 2. The van der Waals surface area contributed by atoms with Gasteiger partial charge >= 0.3 is 6.09 Å². The van der Waals surface area contributed by atoms with Gasteiger partial charge in [-0.25, -0.2) is 9.78 Å². The number of aliphatic hydroxyl groups excluding tert-OH is 2. The molecule has 1 aromatic rings. The Kier molecular flexibility index (Phi) is 10.8. The summed E-state index contributed by atoms with van der Waals surface area (Å²) in [5.74, 6) is 0.153. The van der Waals surface area contributed by atoms with Gasteiger partial charge in [0.05, 0.1) is 25.0 Å². The first kappa shape index (κ1) is 28.1. The highest BCUT2D eigenvalue weighted by molar-refractivity contribution is 5.85. The van der Waals surface area contributed by atoms with Crippen LogP contribution in [0.1, 0.15) is 79.6 Å². The van der Waals surface area contributed by atoms with Gasteiger partial charge in [-0.1, -0.05) is 46.0 Å². The zero-order valence-corrected chi connectivity index (χ0v) is 21.4. The van der Waals surface area contributed by atoms with Crippen molar-refractivity contribution in [1.29, 1.82) is 0 Å². The van der Waals surface area contributed by atoms with Crippen molar-refractivity contribution >= 4 is 12.0 Å². The molecule has 0 bridgehead atoms. The average molecular weight is 481 g/mol. The van der Waals surface area contributed by atoms with Crippen LogP contribution in [0.2, 0.25) is 0 Å². The van der Waals surface area contributed by atoms with E-state index in [1.54, 1.807) is 44.1 Å². The molecular formula is C25H44N4O5. The van der Waals surface area contributed by atoms with Gasteiger partial charge in [0.2, 0.25) is 5.91 Å². The van der Waals surface area contributed by atoms with Gasteiger partial charge < -0.3 is 30.2 Å². The number of carbonyl (C=O) groups is 2. The van der Waals surface area contributed by atoms with Crippen molar-refractivity contribution in [2.75, 3.05) is 0 Å². The summed E-state index contributed by atoms with van der Waals surface area (Å²) in [4.78, 5) is 29.8. The van der Waals surface area contributed by atoms with Crippen molar-refractivity contribution in [2.24, 2.45) is 11.8 Å². The highest BCUT2D eigenvalue weighted by atomic mass is 16.6. The van der Waals surface area contributed by atoms with Crippen molar-refractivity contribution < 1.29 is 24.5 Å². The maximum Gasteiger partial charge on any atom is 0.408 e. The second-order valence-corrected chi connectivity index (χ2v) is 11.0. The molecular weight excluding hydrogens is 436 g/mol. The van der Waals surface area contributed by atoms with Crippen LogP contribution in [0.25, 0.3) is 0 Å². The third-order valence-corrected chi connectivity index (χ3v) is 6.12. The summed E-state index contributed by atoms with van der Waals surface area (Å²) in [7, 11) is 0. The number of alkyl carbamates (subject to hydrolysis) is 1. The number of rotatable bonds is 11. The zero-order chi connectivity index (χ0) is 25.3. The minimum Gasteiger partial charge on any atom is -0.444 e. The molecule has 1 fully saturated rings. The molecule has 4 atom stereocenters. The minimum atomic E-state index is -1.09. The number of nitrogens with one attached hydrogen (secondary N) is 2. The van der Waals surface area contributed by atoms with E-state index in [1.807, 2.05) is 13.8 Å². The van der Waals surface area contributed by atoms with Gasteiger partial charge in [-0.05, 0) is 45.4 Å². The lowest BCUT2D eigenvalue weighted by molar-refractivity contribution is -0.126. The molecule has 0 saturated heterocycles. The van der Waals surface area contributed by atoms with Gasteiger partial charge in [0.15, 0.2) is 0 Å². The van der Waals surface area contributed by atoms with Crippen molar-refractivity contribution in [3.8, 4) is 0 Å². The molecule has 4 N–H and O–H groups in total. The topological polar surface area (TPSA) is 126 Å². The molecule has 34 heavy (non-hydrogen) atoms. The number of hydrogen-bond acceptors (Lipinski definition) is 6. The Labute approximate surface area is 203 Å². The van der Waals surface area contributed by atoms with Crippen LogP contribution in [0.5, 0.6) is 0 Å². The summed E-state index contributed by atoms with van der Waals surface area (Å²) < 4.78 is 7.05. The molecule has 1 heterocycles. The predicted molar refractivity (Wildman–Crippen MR) is 130 cm³/mol. The fraction of sp³-hybridized carbons (Fsp3) is 0.800. The first-order valence-electron chi connectivity index (χ1n) is 12.6. The standard InChI is InChI=1S/C25H44N4O5/c1-17(2)13-21(30)22(31)19(14-18-9-7-6-8-10-18)27-23(32)20(15-29-12-11-26-16-29)28-24(33)34-25(3,4)5/h11-12,16-22,30-31H,6-10,13-15H2,1-5H3,(H,27,32)(H,28,33)/t19-,20-,21-,22+/m0/s1. The molecule has 1 aromatic heterocycles. The molecule has 194 valence electrons. The SMILES string of the molecule is CC(C)C[C@H](O)[C@H](O)[C@H](CC1CCCCC1)NC(=O)[C@H](Cn1ccnc1)NC(=O)OC(C)(C)C. The largest absolute Gasteiger partial charge is 0.444 e. The molecule has 1 saturated carbocycles. The van der Waals surface area contributed by atoms with E-state index in [1.165, 1.54) is 6.42 Å². The van der Waals surface area contributed by atoms with Crippen LogP contribution in [0.3, 0.4) is 0 Å². The summed E-state index contributed by atoms with van der Waals surface area (Å²) in [5, 5.41) is 27.2. The Bertz CT molecular complexity index is 741. The minimum absolute atomic E-state index is 0.159. The highest BCUT2D eigenvalue weighted by Gasteiger charge is 2.33. The van der Waals surface area contributed by atoms with Crippen LogP contribution in [0.15, 0.2) is 18.7 Å². The Morgan fingerprint density at radius 2 is 1.82 bits per heavy atom. The van der Waals surface area contributed by atoms with Gasteiger partial charge in [-0.2, -0.15) is 0 Å². The summed E-state index contributed by atoms with van der Waals surface area (Å²) in [6.45, 7) is 9.39. The van der Waals surface area contributed by atoms with Crippen LogP contribution >= 0.6 is 0 Å². The number of imidazole rings is 1. The molecule has 0 spiro atoms. The molecule has 1 aliphatic carbocycles. The number of carbonyl (C=O) groups excluding carboxylic acids is 2. The van der Waals surface area contributed by atoms with Crippen molar-refractivity contribution in [3.63, 3.8) is 0 Å². The van der Waals surface area contributed by atoms with Crippen LogP contribution in [-0.4, -0.2) is 61.7 Å². The number of nitrogens with zero attached hydrogens (tertiary/aromatic N) is 2. The van der Waals surface area contributed by atoms with Gasteiger partial charge in [-0.15, -0.1) is 0 Å². The maximum absolute atomic E-state index is 13.4. The molecule has 9 heteroatoms. The molecule has 2 amide bonds. The molecule has 2 rings (SSSR count). The lowest BCUT2D eigenvalue weighted by atomic mass is 9.82. The smallest absolute Gasteiger partial charge is 0.408 e. The molecule has 0 aliphatic heterocycles. The van der Waals surface area contributed by atoms with E-state index in [0.29, 0.717) is 18.8 Å². The van der Waals surface area contributed by atoms with Crippen molar-refractivity contribution in [1.82, 2.24) is 20.2 Å². The van der Waals surface area contributed by atoms with Gasteiger partial charge in [0.1, 0.15) is 17.7 Å². The predicted octanol–water partition coefficient (Wildman–Crippen LogP) is 3.00. The van der Waals surface area contributed by atoms with Crippen LogP contribution in [-0.2, 0) is 16.1 Å². The first-order valence-corrected chi connectivity index (χ1v) is 12.6. The Morgan fingerprint density at radius 3 is 2.38 bits per heavy atom. The average Bonchev–Trinajstić information content (AvgIpc) is 3.24. The monoisotopic (exact) mass is 480 g/mol. The van der Waals surface area contributed by atoms with Gasteiger partial charge in [0.25, 0.3) is 0 Å². The van der Waals surface area contributed by atoms with E-state index >= 15 is 0 Å². The van der Waals surface area contributed by atoms with E-state index in [4.69, 9.17) is 4.74 Å². The molecule has 0 radical (unpaired) electrons. The molecule has 1 aliphatic rings. The highest BCUT2D eigenvalue weighted by Crippen LogP contribution is 2.29. The third-order valence-electron chi connectivity index (χ3n) is 6.12. The van der Waals surface area contributed by atoms with Gasteiger partial charge in [0, 0.05) is 12.4 Å². The van der Waals surface area contributed by atoms with E-state index in [0.717, 1.165) is 25.7 Å². The molecule has 0 aromatic carbocycles. The summed E-state index contributed by atoms with van der Waals surface area (Å²) in [5.41, 5.74) is -0.708. The van der Waals surface area contributed by atoms with E-state index < -0.39 is 41.9 Å². The van der Waals surface area contributed by atoms with Crippen LogP contribution in [0.4, 0.5) is 4.79 Å². The fourth-order valence-corrected chi connectivity index (χ4v) is 4.49. The Balaban J connectivity index is 2.16. The van der Waals surface area contributed by atoms with E-state index in [9.17, 15) is 19.8 Å². The lowest BCUT2D eigenvalue weighted by Gasteiger charge is -2.33. The second kappa shape index (κ2) is 13.1. The molecule has 0 unspecified atom stereocenters. The molecule has 9 nitrogen and oxygen atoms in total. The summed E-state index contributed by atoms with van der Waals surface area (Å²) >= 11 is 0. The first-order chi connectivity index (χ1) is 15.9. The van der Waals surface area contributed by atoms with Gasteiger partial charge in [-0.3, -0.25) is 4.79 Å².